The summed E-state index contributed by atoms with van der Waals surface area (Å²) in [6, 6.07) is 13.4. The monoisotopic (exact) mass is 509 g/mol. The smallest absolute Gasteiger partial charge is 0.410 e. The van der Waals surface area contributed by atoms with E-state index in [2.05, 4.69) is 4.90 Å². The SMILES string of the molecule is CN(CCN(C)C(=O)OC(C)(C)C)Cc1nn(C2CCCCO2)c2ccc(Oc3ccc(N)cc3)cc12. The molecule has 1 saturated heterocycles. The summed E-state index contributed by atoms with van der Waals surface area (Å²) in [4.78, 5) is 16.1. The largest absolute Gasteiger partial charge is 0.457 e. The van der Waals surface area contributed by atoms with Crippen molar-refractivity contribution in [3.05, 3.63) is 48.2 Å². The molecule has 200 valence electrons. The molecule has 2 heterocycles. The van der Waals surface area contributed by atoms with E-state index in [1.165, 1.54) is 0 Å². The zero-order valence-electron chi connectivity index (χ0n) is 22.6. The number of rotatable bonds is 8. The Balaban J connectivity index is 1.52. The van der Waals surface area contributed by atoms with Crippen molar-refractivity contribution < 1.29 is 19.0 Å². The molecule has 0 bridgehead atoms. The number of carbonyl (C=O) groups excluding carboxylic acids is 1. The molecule has 1 aliphatic heterocycles. The van der Waals surface area contributed by atoms with E-state index in [1.54, 1.807) is 11.9 Å². The number of ether oxygens (including phenoxy) is 3. The first-order chi connectivity index (χ1) is 17.6. The van der Waals surface area contributed by atoms with Crippen molar-refractivity contribution in [1.29, 1.82) is 0 Å². The lowest BCUT2D eigenvalue weighted by Crippen LogP contribution is -2.38. The molecule has 1 amide bonds. The van der Waals surface area contributed by atoms with E-state index in [0.29, 0.717) is 25.3 Å². The number of carbonyl (C=O) groups is 1. The molecular weight excluding hydrogens is 470 g/mol. The van der Waals surface area contributed by atoms with Crippen molar-refractivity contribution in [2.45, 2.75) is 58.4 Å². The van der Waals surface area contributed by atoms with Crippen LogP contribution >= 0.6 is 0 Å². The minimum atomic E-state index is -0.518. The van der Waals surface area contributed by atoms with E-state index in [1.807, 2.05) is 75.0 Å². The van der Waals surface area contributed by atoms with Gasteiger partial charge in [0.2, 0.25) is 0 Å². The van der Waals surface area contributed by atoms with Gasteiger partial charge in [-0.2, -0.15) is 5.10 Å². The summed E-state index contributed by atoms with van der Waals surface area (Å²) in [6.07, 6.45) is 2.75. The minimum Gasteiger partial charge on any atom is -0.457 e. The third-order valence-corrected chi connectivity index (χ3v) is 6.24. The summed E-state index contributed by atoms with van der Waals surface area (Å²) < 4.78 is 19.6. The van der Waals surface area contributed by atoms with Gasteiger partial charge in [0.1, 0.15) is 17.1 Å². The summed E-state index contributed by atoms with van der Waals surface area (Å²) in [5.74, 6) is 1.45. The lowest BCUT2D eigenvalue weighted by atomic mass is 10.1. The second kappa shape index (κ2) is 11.4. The quantitative estimate of drug-likeness (QED) is 0.406. The van der Waals surface area contributed by atoms with E-state index in [0.717, 1.165) is 54.0 Å². The summed E-state index contributed by atoms with van der Waals surface area (Å²) in [6.45, 7) is 8.18. The maximum absolute atomic E-state index is 12.3. The first-order valence-electron chi connectivity index (χ1n) is 12.9. The Morgan fingerprint density at radius 1 is 1.11 bits per heavy atom. The van der Waals surface area contributed by atoms with Gasteiger partial charge in [-0.1, -0.05) is 0 Å². The summed E-state index contributed by atoms with van der Waals surface area (Å²) >= 11 is 0. The second-order valence-corrected chi connectivity index (χ2v) is 10.7. The standard InChI is InChI=1S/C28H39N5O4/c1-28(2,3)37-27(34)32(5)16-15-31(4)19-24-23-18-22(36-21-11-9-20(29)10-12-21)13-14-25(23)33(30-24)26-8-6-7-17-35-26/h9-14,18,26H,6-8,15-17,19,29H2,1-5H3. The van der Waals surface area contributed by atoms with Crippen molar-refractivity contribution in [2.75, 3.05) is 39.5 Å². The van der Waals surface area contributed by atoms with E-state index in [9.17, 15) is 4.79 Å². The van der Waals surface area contributed by atoms with Gasteiger partial charge in [0.25, 0.3) is 0 Å². The number of benzene rings is 2. The van der Waals surface area contributed by atoms with Crippen LogP contribution in [0.5, 0.6) is 11.5 Å². The van der Waals surface area contributed by atoms with Gasteiger partial charge in [-0.3, -0.25) is 4.90 Å². The van der Waals surface area contributed by atoms with Crippen molar-refractivity contribution in [2.24, 2.45) is 0 Å². The normalized spacial score (nSPS) is 16.2. The molecule has 0 aliphatic carbocycles. The van der Waals surface area contributed by atoms with Gasteiger partial charge >= 0.3 is 6.09 Å². The van der Waals surface area contributed by atoms with Crippen molar-refractivity contribution in [1.82, 2.24) is 19.6 Å². The van der Waals surface area contributed by atoms with Crippen molar-refractivity contribution in [3.63, 3.8) is 0 Å². The zero-order chi connectivity index (χ0) is 26.6. The van der Waals surface area contributed by atoms with Gasteiger partial charge in [-0.05, 0) is 89.5 Å². The molecule has 2 aromatic carbocycles. The number of likely N-dealkylation sites (N-methyl/N-ethyl adjacent to an activating group) is 2. The van der Waals surface area contributed by atoms with Crippen molar-refractivity contribution in [3.8, 4) is 11.5 Å². The molecule has 1 unspecified atom stereocenters. The fraction of sp³-hybridized carbons (Fsp3) is 0.500. The third-order valence-electron chi connectivity index (χ3n) is 6.24. The molecule has 37 heavy (non-hydrogen) atoms. The van der Waals surface area contributed by atoms with Crippen LogP contribution in [0, 0.1) is 0 Å². The van der Waals surface area contributed by atoms with E-state index in [-0.39, 0.29) is 12.3 Å². The van der Waals surface area contributed by atoms with Crippen LogP contribution < -0.4 is 10.5 Å². The van der Waals surface area contributed by atoms with Gasteiger partial charge in [-0.25, -0.2) is 9.48 Å². The average Bonchev–Trinajstić information content (AvgIpc) is 3.21. The van der Waals surface area contributed by atoms with Gasteiger partial charge in [-0.15, -0.1) is 0 Å². The average molecular weight is 510 g/mol. The van der Waals surface area contributed by atoms with Crippen LogP contribution in [0.25, 0.3) is 10.9 Å². The first-order valence-corrected chi connectivity index (χ1v) is 12.9. The number of aromatic nitrogens is 2. The number of fused-ring (bicyclic) bond motifs is 1. The molecule has 4 rings (SSSR count). The first kappa shape index (κ1) is 26.8. The molecule has 1 fully saturated rings. The fourth-order valence-electron chi connectivity index (χ4n) is 4.26. The Morgan fingerprint density at radius 3 is 2.51 bits per heavy atom. The molecule has 1 atom stereocenters. The third kappa shape index (κ3) is 7.14. The highest BCUT2D eigenvalue weighted by Crippen LogP contribution is 2.32. The van der Waals surface area contributed by atoms with Crippen LogP contribution in [-0.4, -0.2) is 65.1 Å². The Hall–Kier alpha value is -3.30. The molecule has 1 aromatic heterocycles. The van der Waals surface area contributed by atoms with Crippen LogP contribution in [0.2, 0.25) is 0 Å². The summed E-state index contributed by atoms with van der Waals surface area (Å²) in [5, 5.41) is 6.02. The predicted molar refractivity (Wildman–Crippen MR) is 145 cm³/mol. The molecule has 0 radical (unpaired) electrons. The highest BCUT2D eigenvalue weighted by Gasteiger charge is 2.23. The lowest BCUT2D eigenvalue weighted by Gasteiger charge is -2.26. The van der Waals surface area contributed by atoms with Gasteiger partial charge in [0.15, 0.2) is 6.23 Å². The number of anilines is 1. The van der Waals surface area contributed by atoms with E-state index < -0.39 is 5.60 Å². The van der Waals surface area contributed by atoms with Gasteiger partial charge in [0, 0.05) is 44.4 Å². The van der Waals surface area contributed by atoms with E-state index >= 15 is 0 Å². The Labute approximate surface area is 219 Å². The highest BCUT2D eigenvalue weighted by molar-refractivity contribution is 5.83. The topological polar surface area (TPSA) is 95.1 Å². The molecule has 0 saturated carbocycles. The predicted octanol–water partition coefficient (Wildman–Crippen LogP) is 5.41. The number of hydrogen-bond acceptors (Lipinski definition) is 7. The molecule has 0 spiro atoms. The number of nitrogens with zero attached hydrogens (tertiary/aromatic N) is 4. The Morgan fingerprint density at radius 2 is 1.84 bits per heavy atom. The maximum Gasteiger partial charge on any atom is 0.410 e. The molecular formula is C28H39N5O4. The molecule has 1 aliphatic rings. The summed E-state index contributed by atoms with van der Waals surface area (Å²) in [5.41, 5.74) is 7.94. The van der Waals surface area contributed by atoms with Gasteiger partial charge < -0.3 is 24.8 Å². The summed E-state index contributed by atoms with van der Waals surface area (Å²) in [7, 11) is 3.78. The second-order valence-electron chi connectivity index (χ2n) is 10.7. The van der Waals surface area contributed by atoms with Crippen LogP contribution in [0.3, 0.4) is 0 Å². The highest BCUT2D eigenvalue weighted by atomic mass is 16.6. The fourth-order valence-corrected chi connectivity index (χ4v) is 4.26. The van der Waals surface area contributed by atoms with Crippen LogP contribution in [0.4, 0.5) is 10.5 Å². The van der Waals surface area contributed by atoms with E-state index in [4.69, 9.17) is 25.0 Å². The Bertz CT molecular complexity index is 1200. The number of amides is 1. The zero-order valence-corrected chi connectivity index (χ0v) is 22.6. The maximum atomic E-state index is 12.3. The van der Waals surface area contributed by atoms with Crippen LogP contribution in [-0.2, 0) is 16.0 Å². The molecule has 9 heteroatoms. The molecule has 3 aromatic rings. The Kier molecular flexibility index (Phi) is 8.24. The number of nitrogen functional groups attached to an aromatic ring is 1. The minimum absolute atomic E-state index is 0.0718. The van der Waals surface area contributed by atoms with Crippen LogP contribution in [0.1, 0.15) is 52.0 Å². The lowest BCUT2D eigenvalue weighted by molar-refractivity contribution is -0.0370. The van der Waals surface area contributed by atoms with Crippen LogP contribution in [0.15, 0.2) is 42.5 Å². The van der Waals surface area contributed by atoms with Gasteiger partial charge in [0.05, 0.1) is 11.2 Å². The molecule has 2 N–H and O–H groups in total. The van der Waals surface area contributed by atoms with Crippen molar-refractivity contribution >= 4 is 22.7 Å². The number of hydrogen-bond donors (Lipinski definition) is 1. The number of nitrogens with two attached hydrogens (primary N) is 1. The molecule has 9 nitrogen and oxygen atoms in total.